The molecule has 0 bridgehead atoms. The molecule has 4 heteroatoms. The summed E-state index contributed by atoms with van der Waals surface area (Å²) in [5.41, 5.74) is 0. The third kappa shape index (κ3) is 3.92. The Bertz CT molecular complexity index is 175. The predicted octanol–water partition coefficient (Wildman–Crippen LogP) is 0.850. The van der Waals surface area contributed by atoms with Gasteiger partial charge in [0.25, 0.3) is 0 Å². The third-order valence-corrected chi connectivity index (χ3v) is 5.34. The van der Waals surface area contributed by atoms with Crippen LogP contribution in [-0.2, 0) is 4.74 Å². The lowest BCUT2D eigenvalue weighted by atomic mass is 10.4. The highest BCUT2D eigenvalue weighted by Crippen LogP contribution is 2.11. The van der Waals surface area contributed by atoms with Crippen LogP contribution in [0.3, 0.4) is 0 Å². The van der Waals surface area contributed by atoms with E-state index in [4.69, 9.17) is 4.74 Å². The van der Waals surface area contributed by atoms with Crippen LogP contribution >= 0.6 is 0 Å². The Labute approximate surface area is 90.1 Å². The van der Waals surface area contributed by atoms with E-state index in [0.717, 1.165) is 6.61 Å². The molecule has 0 heterocycles. The highest BCUT2D eigenvalue weighted by molar-refractivity contribution is 6.61. The molecule has 1 atom stereocenters. The topological polar surface area (TPSA) is 15.7 Å². The molecule has 0 rings (SSSR count). The van der Waals surface area contributed by atoms with Crippen LogP contribution in [-0.4, -0.2) is 59.2 Å². The van der Waals surface area contributed by atoms with Gasteiger partial charge in [0.15, 0.2) is 0 Å². The molecule has 0 radical (unpaired) electrons. The maximum Gasteiger partial charge on any atom is 0.220 e. The maximum absolute atomic E-state index is 5.57. The van der Waals surface area contributed by atoms with Crippen LogP contribution in [0.1, 0.15) is 13.8 Å². The standard InChI is InChI=1S/C10H24N2OSi/c1-8-13-9(2)10(3)14(11(4)5)12(6)7/h9,14H,3,8H2,1-2,4-7H3. The van der Waals surface area contributed by atoms with Crippen molar-refractivity contribution in [2.75, 3.05) is 34.8 Å². The summed E-state index contributed by atoms with van der Waals surface area (Å²) in [6.07, 6.45) is 0.168. The summed E-state index contributed by atoms with van der Waals surface area (Å²) in [6, 6.07) is 0. The van der Waals surface area contributed by atoms with Crippen LogP contribution in [0.5, 0.6) is 0 Å². The van der Waals surface area contributed by atoms with Crippen LogP contribution in [0, 0.1) is 0 Å². The molecule has 84 valence electrons. The fraction of sp³-hybridized carbons (Fsp3) is 0.800. The summed E-state index contributed by atoms with van der Waals surface area (Å²) in [4.78, 5) is 0. The number of rotatable bonds is 6. The molecule has 0 saturated heterocycles. The van der Waals surface area contributed by atoms with E-state index in [2.05, 4.69) is 50.8 Å². The molecule has 0 aliphatic carbocycles. The molecule has 0 spiro atoms. The summed E-state index contributed by atoms with van der Waals surface area (Å²) in [5, 5.41) is 1.24. The van der Waals surface area contributed by atoms with Crippen molar-refractivity contribution < 1.29 is 4.74 Å². The summed E-state index contributed by atoms with van der Waals surface area (Å²) >= 11 is 0. The molecule has 1 unspecified atom stereocenters. The molecule has 0 fully saturated rings. The molecular weight excluding hydrogens is 192 g/mol. The van der Waals surface area contributed by atoms with Gasteiger partial charge in [-0.05, 0) is 47.2 Å². The van der Waals surface area contributed by atoms with Gasteiger partial charge in [0.05, 0.1) is 6.10 Å². The van der Waals surface area contributed by atoms with Crippen LogP contribution in [0.15, 0.2) is 11.8 Å². The van der Waals surface area contributed by atoms with E-state index in [0.29, 0.717) is 0 Å². The van der Waals surface area contributed by atoms with Crippen LogP contribution in [0.25, 0.3) is 0 Å². The van der Waals surface area contributed by atoms with E-state index in [1.165, 1.54) is 5.20 Å². The van der Waals surface area contributed by atoms with E-state index in [-0.39, 0.29) is 6.10 Å². The van der Waals surface area contributed by atoms with E-state index in [1.54, 1.807) is 0 Å². The summed E-state index contributed by atoms with van der Waals surface area (Å²) in [6.45, 7) is 9.02. The smallest absolute Gasteiger partial charge is 0.220 e. The first-order valence-electron chi connectivity index (χ1n) is 5.04. The van der Waals surface area contributed by atoms with Crippen molar-refractivity contribution in [2.24, 2.45) is 0 Å². The van der Waals surface area contributed by atoms with E-state index in [1.807, 2.05) is 6.92 Å². The van der Waals surface area contributed by atoms with Gasteiger partial charge in [-0.1, -0.05) is 6.58 Å². The number of hydrogen-bond acceptors (Lipinski definition) is 3. The largest absolute Gasteiger partial charge is 0.375 e. The lowest BCUT2D eigenvalue weighted by molar-refractivity contribution is 0.105. The minimum atomic E-state index is -1.22. The molecule has 0 N–H and O–H groups in total. The Morgan fingerprint density at radius 1 is 1.29 bits per heavy atom. The molecule has 0 saturated carbocycles. The highest BCUT2D eigenvalue weighted by atomic mass is 28.3. The van der Waals surface area contributed by atoms with Crippen molar-refractivity contribution in [3.8, 4) is 0 Å². The van der Waals surface area contributed by atoms with Gasteiger partial charge < -0.3 is 13.9 Å². The fourth-order valence-corrected chi connectivity index (χ4v) is 4.46. The maximum atomic E-state index is 5.57. The highest BCUT2D eigenvalue weighted by Gasteiger charge is 2.24. The molecule has 0 aromatic rings. The van der Waals surface area contributed by atoms with Gasteiger partial charge in [-0.3, -0.25) is 0 Å². The number of hydrogen-bond donors (Lipinski definition) is 0. The van der Waals surface area contributed by atoms with Crippen molar-refractivity contribution in [2.45, 2.75) is 20.0 Å². The Kier molecular flexibility index (Phi) is 6.27. The molecule has 0 aromatic heterocycles. The van der Waals surface area contributed by atoms with Crippen molar-refractivity contribution >= 4 is 9.12 Å². The van der Waals surface area contributed by atoms with Gasteiger partial charge >= 0.3 is 0 Å². The quantitative estimate of drug-likeness (QED) is 0.612. The van der Waals surface area contributed by atoms with Gasteiger partial charge in [0.2, 0.25) is 9.12 Å². The van der Waals surface area contributed by atoms with Crippen molar-refractivity contribution in [1.29, 1.82) is 0 Å². The number of ether oxygens (including phenoxy) is 1. The molecule has 0 aliphatic heterocycles. The molecule has 3 nitrogen and oxygen atoms in total. The minimum Gasteiger partial charge on any atom is -0.375 e. The zero-order valence-electron chi connectivity index (χ0n) is 10.4. The third-order valence-electron chi connectivity index (χ3n) is 2.25. The molecule has 0 amide bonds. The average molecular weight is 216 g/mol. The molecule has 0 aromatic carbocycles. The fourth-order valence-electron chi connectivity index (χ4n) is 1.69. The Morgan fingerprint density at radius 2 is 1.71 bits per heavy atom. The Balaban J connectivity index is 4.43. The van der Waals surface area contributed by atoms with Crippen molar-refractivity contribution in [3.63, 3.8) is 0 Å². The van der Waals surface area contributed by atoms with Crippen molar-refractivity contribution in [3.05, 3.63) is 11.8 Å². The molecular formula is C10H24N2OSi. The SMILES string of the molecule is C=C(C(C)OCC)[SiH](N(C)C)N(C)C. The first-order chi connectivity index (χ1) is 6.41. The first-order valence-corrected chi connectivity index (χ1v) is 6.66. The lowest BCUT2D eigenvalue weighted by Crippen LogP contribution is -2.49. The van der Waals surface area contributed by atoms with Gasteiger partial charge in [-0.2, -0.15) is 0 Å². The second-order valence-electron chi connectivity index (χ2n) is 3.97. The van der Waals surface area contributed by atoms with Gasteiger partial charge in [-0.25, -0.2) is 0 Å². The first kappa shape index (κ1) is 13.8. The van der Waals surface area contributed by atoms with E-state index in [9.17, 15) is 0 Å². The number of nitrogens with zero attached hydrogens (tertiary/aromatic N) is 2. The zero-order valence-corrected chi connectivity index (χ0v) is 11.5. The Morgan fingerprint density at radius 3 is 2.00 bits per heavy atom. The normalized spacial score (nSPS) is 14.1. The lowest BCUT2D eigenvalue weighted by Gasteiger charge is -2.32. The average Bonchev–Trinajstić information content (AvgIpc) is 2.03. The molecule has 0 aliphatic rings. The van der Waals surface area contributed by atoms with Gasteiger partial charge in [0, 0.05) is 6.61 Å². The van der Waals surface area contributed by atoms with Crippen molar-refractivity contribution in [1.82, 2.24) is 9.13 Å². The monoisotopic (exact) mass is 216 g/mol. The van der Waals surface area contributed by atoms with Crippen LogP contribution in [0.2, 0.25) is 0 Å². The van der Waals surface area contributed by atoms with Gasteiger partial charge in [-0.15, -0.1) is 0 Å². The summed E-state index contributed by atoms with van der Waals surface area (Å²) in [7, 11) is 7.23. The zero-order chi connectivity index (χ0) is 11.3. The molecule has 14 heavy (non-hydrogen) atoms. The minimum absolute atomic E-state index is 0.168. The second-order valence-corrected chi connectivity index (χ2v) is 7.53. The van der Waals surface area contributed by atoms with Gasteiger partial charge in [0.1, 0.15) is 0 Å². The van der Waals surface area contributed by atoms with E-state index < -0.39 is 9.12 Å². The van der Waals surface area contributed by atoms with Crippen LogP contribution in [0.4, 0.5) is 0 Å². The Hall–Kier alpha value is -0.163. The van der Waals surface area contributed by atoms with E-state index >= 15 is 0 Å². The van der Waals surface area contributed by atoms with Crippen LogP contribution < -0.4 is 0 Å². The second kappa shape index (κ2) is 6.34. The summed E-state index contributed by atoms with van der Waals surface area (Å²) < 4.78 is 10.1. The predicted molar refractivity (Wildman–Crippen MR) is 64.8 cm³/mol. The summed E-state index contributed by atoms with van der Waals surface area (Å²) in [5.74, 6) is 0.